The van der Waals surface area contributed by atoms with Gasteiger partial charge in [0.2, 0.25) is 0 Å². The summed E-state index contributed by atoms with van der Waals surface area (Å²) in [6.45, 7) is 0. The number of hydrogen-bond donors (Lipinski definition) is 0. The molecule has 25 heavy (non-hydrogen) atoms. The Morgan fingerprint density at radius 1 is 1.16 bits per heavy atom. The van der Waals surface area contributed by atoms with Crippen molar-refractivity contribution in [1.82, 2.24) is 0 Å². The molecule has 2 aliphatic carbocycles. The number of carbonyl (C=O) groups excluding carboxylic acids is 1. The first-order chi connectivity index (χ1) is 11.6. The molecule has 1 fully saturated rings. The molecule has 0 radical (unpaired) electrons. The van der Waals surface area contributed by atoms with Crippen LogP contribution >= 0.6 is 15.9 Å². The zero-order valence-corrected chi connectivity index (χ0v) is 15.6. The highest BCUT2D eigenvalue weighted by atomic mass is 79.9. The van der Waals surface area contributed by atoms with E-state index in [9.17, 15) is 26.4 Å². The summed E-state index contributed by atoms with van der Waals surface area (Å²) in [7, 11) is -5.74. The molecule has 1 spiro atoms. The van der Waals surface area contributed by atoms with Crippen molar-refractivity contribution in [2.75, 3.05) is 5.33 Å². The van der Waals surface area contributed by atoms with Gasteiger partial charge in [-0.2, -0.15) is 21.6 Å². The first-order valence-corrected chi connectivity index (χ1v) is 10.4. The topological polar surface area (TPSA) is 60.4 Å². The normalized spacial score (nSPS) is 19.2. The van der Waals surface area contributed by atoms with Gasteiger partial charge in [0.15, 0.2) is 5.78 Å². The lowest BCUT2D eigenvalue weighted by Gasteiger charge is -2.21. The molecule has 0 heterocycles. The van der Waals surface area contributed by atoms with Crippen molar-refractivity contribution in [3.8, 4) is 5.75 Å². The van der Waals surface area contributed by atoms with Crippen LogP contribution in [-0.2, 0) is 23.0 Å². The summed E-state index contributed by atoms with van der Waals surface area (Å²) >= 11 is 3.10. The van der Waals surface area contributed by atoms with E-state index < -0.39 is 15.6 Å². The molecule has 0 aromatic heterocycles. The molecule has 0 bridgehead atoms. The second-order valence-electron chi connectivity index (χ2n) is 6.67. The monoisotopic (exact) mass is 440 g/mol. The lowest BCUT2D eigenvalue weighted by atomic mass is 9.83. The van der Waals surface area contributed by atoms with Crippen LogP contribution in [0.1, 0.15) is 47.2 Å². The first-order valence-electron chi connectivity index (χ1n) is 7.83. The SMILES string of the molecule is O=C(CBr)c1ccc(OS(=O)(=O)C(F)(F)F)c2c1CC1(CCCC1)C2. The molecule has 2 aliphatic rings. The predicted molar refractivity (Wildman–Crippen MR) is 88.5 cm³/mol. The molecule has 0 aliphatic heterocycles. The second-order valence-corrected chi connectivity index (χ2v) is 8.77. The Kier molecular flexibility index (Phi) is 4.68. The molecule has 0 atom stereocenters. The highest BCUT2D eigenvalue weighted by Gasteiger charge is 2.50. The summed E-state index contributed by atoms with van der Waals surface area (Å²) in [4.78, 5) is 12.1. The van der Waals surface area contributed by atoms with Gasteiger partial charge in [0.25, 0.3) is 0 Å². The molecular formula is C16H16BrF3O4S. The predicted octanol–water partition coefficient (Wildman–Crippen LogP) is 4.15. The smallest absolute Gasteiger partial charge is 0.376 e. The van der Waals surface area contributed by atoms with E-state index in [-0.39, 0.29) is 22.3 Å². The molecule has 0 unspecified atom stereocenters. The molecule has 4 nitrogen and oxygen atoms in total. The van der Waals surface area contributed by atoms with Crippen molar-refractivity contribution in [3.63, 3.8) is 0 Å². The van der Waals surface area contributed by atoms with Crippen LogP contribution in [-0.4, -0.2) is 25.0 Å². The second kappa shape index (κ2) is 6.26. The standard InChI is InChI=1S/C16H16BrF3O4S/c17-9-13(21)10-3-4-14(24-25(22,23)16(18,19)20)12-8-15(7-11(10)12)5-1-2-6-15/h3-4H,1-2,5-9H2. The third kappa shape index (κ3) is 3.32. The zero-order chi connectivity index (χ0) is 18.5. The number of hydrogen-bond acceptors (Lipinski definition) is 4. The molecule has 0 N–H and O–H groups in total. The minimum Gasteiger partial charge on any atom is -0.376 e. The largest absolute Gasteiger partial charge is 0.534 e. The Morgan fingerprint density at radius 3 is 2.32 bits per heavy atom. The number of alkyl halides is 4. The van der Waals surface area contributed by atoms with Gasteiger partial charge in [-0.05, 0) is 48.8 Å². The number of carbonyl (C=O) groups is 1. The highest BCUT2D eigenvalue weighted by Crippen LogP contribution is 2.52. The maximum Gasteiger partial charge on any atom is 0.534 e. The molecular weight excluding hydrogens is 425 g/mol. The first kappa shape index (κ1) is 18.7. The van der Waals surface area contributed by atoms with E-state index in [2.05, 4.69) is 20.1 Å². The lowest BCUT2D eigenvalue weighted by Crippen LogP contribution is -2.28. The number of Topliss-reactive ketones (excluding diaryl/α,β-unsaturated/α-hetero) is 1. The van der Waals surface area contributed by atoms with Gasteiger partial charge in [-0.1, -0.05) is 28.8 Å². The Balaban J connectivity index is 2.06. The number of fused-ring (bicyclic) bond motifs is 1. The van der Waals surface area contributed by atoms with Gasteiger partial charge in [0, 0.05) is 11.1 Å². The van der Waals surface area contributed by atoms with E-state index in [4.69, 9.17) is 0 Å². The van der Waals surface area contributed by atoms with Crippen molar-refractivity contribution < 1.29 is 30.6 Å². The quantitative estimate of drug-likeness (QED) is 0.305. The number of rotatable bonds is 4. The summed E-state index contributed by atoms with van der Waals surface area (Å²) < 4.78 is 65.1. The molecule has 1 aromatic carbocycles. The number of halogens is 4. The minimum atomic E-state index is -5.74. The van der Waals surface area contributed by atoms with E-state index >= 15 is 0 Å². The molecule has 3 rings (SSSR count). The van der Waals surface area contributed by atoms with Crippen molar-refractivity contribution in [3.05, 3.63) is 28.8 Å². The van der Waals surface area contributed by atoms with Crippen molar-refractivity contribution >= 4 is 31.8 Å². The fraction of sp³-hybridized carbons (Fsp3) is 0.562. The summed E-state index contributed by atoms with van der Waals surface area (Å²) in [5, 5.41) is 0.0908. The van der Waals surface area contributed by atoms with Crippen molar-refractivity contribution in [2.24, 2.45) is 5.41 Å². The Hall–Kier alpha value is -1.09. The van der Waals surface area contributed by atoms with E-state index in [1.54, 1.807) is 0 Å². The van der Waals surface area contributed by atoms with E-state index in [0.717, 1.165) is 31.7 Å². The summed E-state index contributed by atoms with van der Waals surface area (Å²) in [5.74, 6) is -0.501. The molecule has 138 valence electrons. The molecule has 1 saturated carbocycles. The van der Waals surface area contributed by atoms with E-state index in [0.29, 0.717) is 29.5 Å². The van der Waals surface area contributed by atoms with Crippen LogP contribution in [0.2, 0.25) is 0 Å². The maximum absolute atomic E-state index is 12.7. The van der Waals surface area contributed by atoms with Crippen molar-refractivity contribution in [2.45, 2.75) is 44.0 Å². The third-order valence-electron chi connectivity index (χ3n) is 5.06. The van der Waals surface area contributed by atoms with Crippen LogP contribution in [0.25, 0.3) is 0 Å². The number of benzene rings is 1. The van der Waals surface area contributed by atoms with Gasteiger partial charge in [-0.3, -0.25) is 4.79 Å². The minimum absolute atomic E-state index is 0.0908. The van der Waals surface area contributed by atoms with Crippen LogP contribution in [0.3, 0.4) is 0 Å². The third-order valence-corrected chi connectivity index (χ3v) is 6.54. The van der Waals surface area contributed by atoms with Crippen LogP contribution < -0.4 is 4.18 Å². The van der Waals surface area contributed by atoms with Crippen molar-refractivity contribution in [1.29, 1.82) is 0 Å². The van der Waals surface area contributed by atoms with Gasteiger partial charge in [-0.25, -0.2) is 0 Å². The zero-order valence-electron chi connectivity index (χ0n) is 13.2. The molecule has 1 aromatic rings. The average molecular weight is 441 g/mol. The Bertz CT molecular complexity index is 811. The van der Waals surface area contributed by atoms with E-state index in [1.165, 1.54) is 6.07 Å². The van der Waals surface area contributed by atoms with Crippen LogP contribution in [0.5, 0.6) is 5.75 Å². The van der Waals surface area contributed by atoms with E-state index in [1.807, 2.05) is 0 Å². The number of ketones is 1. The van der Waals surface area contributed by atoms with Gasteiger partial charge in [0.05, 0.1) is 5.33 Å². The van der Waals surface area contributed by atoms with Gasteiger partial charge in [-0.15, -0.1) is 0 Å². The van der Waals surface area contributed by atoms with Gasteiger partial charge >= 0.3 is 15.6 Å². The lowest BCUT2D eigenvalue weighted by molar-refractivity contribution is -0.0500. The summed E-state index contributed by atoms with van der Waals surface area (Å²) in [6.07, 6.45) is 4.87. The fourth-order valence-electron chi connectivity index (χ4n) is 3.93. The molecule has 0 amide bonds. The summed E-state index contributed by atoms with van der Waals surface area (Å²) in [5.41, 5.74) is -4.13. The molecule has 9 heteroatoms. The highest BCUT2D eigenvalue weighted by molar-refractivity contribution is 9.09. The van der Waals surface area contributed by atoms with Gasteiger partial charge < -0.3 is 4.18 Å². The molecule has 0 saturated heterocycles. The Morgan fingerprint density at radius 2 is 1.76 bits per heavy atom. The summed E-state index contributed by atoms with van der Waals surface area (Å²) in [6, 6.07) is 2.52. The van der Waals surface area contributed by atoms with Crippen LogP contribution in [0.15, 0.2) is 12.1 Å². The van der Waals surface area contributed by atoms with Crippen LogP contribution in [0.4, 0.5) is 13.2 Å². The Labute approximate surface area is 152 Å². The maximum atomic E-state index is 12.7. The average Bonchev–Trinajstić information content (AvgIpc) is 3.13. The fourth-order valence-corrected chi connectivity index (χ4v) is 4.72. The van der Waals surface area contributed by atoms with Crippen LogP contribution in [0, 0.1) is 5.41 Å². The van der Waals surface area contributed by atoms with Gasteiger partial charge in [0.1, 0.15) is 5.75 Å².